The number of hydrogen-bond donors (Lipinski definition) is 2. The highest BCUT2D eigenvalue weighted by molar-refractivity contribution is 14.0. The average molecular weight is 573 g/mol. The van der Waals surface area contributed by atoms with Gasteiger partial charge in [-0.3, -0.25) is 9.89 Å². The van der Waals surface area contributed by atoms with Gasteiger partial charge in [0, 0.05) is 31.7 Å². The van der Waals surface area contributed by atoms with E-state index >= 15 is 0 Å². The number of hydrogen-bond acceptors (Lipinski definition) is 4. The van der Waals surface area contributed by atoms with Gasteiger partial charge in [-0.15, -0.1) is 24.0 Å². The number of likely N-dealkylation sites (tertiary alicyclic amines) is 1. The summed E-state index contributed by atoms with van der Waals surface area (Å²) in [6.07, 6.45) is 2.34. The van der Waals surface area contributed by atoms with Crippen LogP contribution >= 0.6 is 35.6 Å². The Balaban J connectivity index is 0.00000363. The quantitative estimate of drug-likeness (QED) is 0.276. The summed E-state index contributed by atoms with van der Waals surface area (Å²) in [5.74, 6) is 2.92. The van der Waals surface area contributed by atoms with Crippen molar-refractivity contribution in [2.45, 2.75) is 25.9 Å². The molecule has 3 rings (SSSR count). The molecule has 0 bridgehead atoms. The predicted molar refractivity (Wildman–Crippen MR) is 143 cm³/mol. The Morgan fingerprint density at radius 2 is 1.78 bits per heavy atom. The van der Waals surface area contributed by atoms with Crippen molar-refractivity contribution in [1.29, 1.82) is 0 Å². The van der Waals surface area contributed by atoms with E-state index in [9.17, 15) is 0 Å². The standard InChI is InChI=1S/C24H33ClN4O2.HI/c1-26-24(28-16-19-8-9-22(30-2)23(14-19)31-3)27-15-18-10-12-29(13-11-18)17-20-6-4-5-7-21(20)25;/h4-9,14,18H,10-13,15-17H2,1-3H3,(H2,26,27,28);1H. The van der Waals surface area contributed by atoms with Crippen molar-refractivity contribution in [2.75, 3.05) is 40.9 Å². The summed E-state index contributed by atoms with van der Waals surface area (Å²) in [6, 6.07) is 14.0. The lowest BCUT2D eigenvalue weighted by Crippen LogP contribution is -2.42. The molecule has 2 aromatic rings. The maximum Gasteiger partial charge on any atom is 0.191 e. The lowest BCUT2D eigenvalue weighted by atomic mass is 9.96. The topological polar surface area (TPSA) is 58.1 Å². The SMILES string of the molecule is CN=C(NCc1ccc(OC)c(OC)c1)NCC1CCN(Cc2ccccc2Cl)CC1.I. The highest BCUT2D eigenvalue weighted by Gasteiger charge is 2.20. The van der Waals surface area contributed by atoms with Crippen LogP contribution < -0.4 is 20.1 Å². The van der Waals surface area contributed by atoms with Crippen LogP contribution in [0.4, 0.5) is 0 Å². The summed E-state index contributed by atoms with van der Waals surface area (Å²) >= 11 is 6.31. The van der Waals surface area contributed by atoms with Gasteiger partial charge in [-0.05, 0) is 61.2 Å². The molecule has 0 radical (unpaired) electrons. The van der Waals surface area contributed by atoms with Crippen LogP contribution in [0.15, 0.2) is 47.5 Å². The van der Waals surface area contributed by atoms with Gasteiger partial charge in [0.15, 0.2) is 17.5 Å². The number of nitrogens with one attached hydrogen (secondary N) is 2. The van der Waals surface area contributed by atoms with Crippen molar-refractivity contribution in [3.8, 4) is 11.5 Å². The summed E-state index contributed by atoms with van der Waals surface area (Å²) in [6.45, 7) is 4.70. The van der Waals surface area contributed by atoms with Gasteiger partial charge in [0.25, 0.3) is 0 Å². The summed E-state index contributed by atoms with van der Waals surface area (Å²) in [5, 5.41) is 7.71. The molecule has 176 valence electrons. The molecule has 2 aromatic carbocycles. The number of rotatable bonds is 8. The lowest BCUT2D eigenvalue weighted by Gasteiger charge is -2.32. The van der Waals surface area contributed by atoms with Crippen molar-refractivity contribution in [1.82, 2.24) is 15.5 Å². The molecular formula is C24H34ClIN4O2. The molecule has 0 aliphatic carbocycles. The van der Waals surface area contributed by atoms with Gasteiger partial charge in [0.05, 0.1) is 14.2 Å². The number of ether oxygens (including phenoxy) is 2. The molecule has 1 saturated heterocycles. The molecule has 32 heavy (non-hydrogen) atoms. The fraction of sp³-hybridized carbons (Fsp3) is 0.458. The summed E-state index contributed by atoms with van der Waals surface area (Å²) in [5.41, 5.74) is 2.31. The minimum absolute atomic E-state index is 0. The first kappa shape index (κ1) is 26.5. The normalized spacial score (nSPS) is 15.1. The van der Waals surface area contributed by atoms with Crippen molar-refractivity contribution < 1.29 is 9.47 Å². The Bertz CT molecular complexity index is 873. The lowest BCUT2D eigenvalue weighted by molar-refractivity contribution is 0.178. The van der Waals surface area contributed by atoms with Crippen LogP contribution in [-0.2, 0) is 13.1 Å². The number of aliphatic imine (C=N–C) groups is 1. The molecule has 1 heterocycles. The second-order valence-electron chi connectivity index (χ2n) is 7.81. The molecule has 0 saturated carbocycles. The third kappa shape index (κ3) is 7.71. The number of guanidine groups is 1. The van der Waals surface area contributed by atoms with Crippen molar-refractivity contribution in [3.05, 3.63) is 58.6 Å². The van der Waals surface area contributed by atoms with Crippen LogP contribution in [0.25, 0.3) is 0 Å². The monoisotopic (exact) mass is 572 g/mol. The summed E-state index contributed by atoms with van der Waals surface area (Å²) < 4.78 is 10.7. The molecule has 1 fully saturated rings. The second kappa shape index (κ2) is 13.7. The molecule has 8 heteroatoms. The molecule has 6 nitrogen and oxygen atoms in total. The van der Waals surface area contributed by atoms with Crippen LogP contribution in [-0.4, -0.2) is 51.8 Å². The van der Waals surface area contributed by atoms with Gasteiger partial charge in [-0.2, -0.15) is 0 Å². The van der Waals surface area contributed by atoms with Crippen LogP contribution in [0.3, 0.4) is 0 Å². The van der Waals surface area contributed by atoms with Gasteiger partial charge < -0.3 is 20.1 Å². The van der Waals surface area contributed by atoms with Gasteiger partial charge >= 0.3 is 0 Å². The van der Waals surface area contributed by atoms with Gasteiger partial charge in [-0.1, -0.05) is 35.9 Å². The Hall–Kier alpha value is -1.71. The minimum Gasteiger partial charge on any atom is -0.493 e. The van der Waals surface area contributed by atoms with E-state index in [1.807, 2.05) is 30.3 Å². The maximum atomic E-state index is 6.31. The fourth-order valence-corrected chi connectivity index (χ4v) is 4.05. The third-order valence-corrected chi connectivity index (χ3v) is 6.12. The largest absolute Gasteiger partial charge is 0.493 e. The van der Waals surface area contributed by atoms with Crippen molar-refractivity contribution in [3.63, 3.8) is 0 Å². The number of piperidine rings is 1. The van der Waals surface area contributed by atoms with E-state index in [1.54, 1.807) is 21.3 Å². The van der Waals surface area contributed by atoms with Crippen LogP contribution in [0.1, 0.15) is 24.0 Å². The van der Waals surface area contributed by atoms with Gasteiger partial charge in [0.1, 0.15) is 0 Å². The van der Waals surface area contributed by atoms with E-state index < -0.39 is 0 Å². The van der Waals surface area contributed by atoms with E-state index in [0.29, 0.717) is 12.5 Å². The van der Waals surface area contributed by atoms with E-state index in [-0.39, 0.29) is 24.0 Å². The maximum absolute atomic E-state index is 6.31. The smallest absolute Gasteiger partial charge is 0.191 e. The first-order chi connectivity index (χ1) is 15.1. The molecule has 0 amide bonds. The zero-order valence-corrected chi connectivity index (χ0v) is 22.2. The predicted octanol–water partition coefficient (Wildman–Crippen LogP) is 4.55. The van der Waals surface area contributed by atoms with Gasteiger partial charge in [0.2, 0.25) is 0 Å². The van der Waals surface area contributed by atoms with Gasteiger partial charge in [-0.25, -0.2) is 0 Å². The Morgan fingerprint density at radius 3 is 2.44 bits per heavy atom. The van der Waals surface area contributed by atoms with Crippen LogP contribution in [0.5, 0.6) is 11.5 Å². The van der Waals surface area contributed by atoms with Crippen LogP contribution in [0, 0.1) is 5.92 Å². The molecule has 1 aliphatic rings. The number of halogens is 2. The molecule has 1 aliphatic heterocycles. The van der Waals surface area contributed by atoms with Crippen molar-refractivity contribution in [2.24, 2.45) is 10.9 Å². The van der Waals surface area contributed by atoms with E-state index in [4.69, 9.17) is 21.1 Å². The molecular weight excluding hydrogens is 539 g/mol. The highest BCUT2D eigenvalue weighted by Crippen LogP contribution is 2.27. The average Bonchev–Trinajstić information content (AvgIpc) is 2.81. The first-order valence-corrected chi connectivity index (χ1v) is 11.1. The zero-order valence-electron chi connectivity index (χ0n) is 19.1. The van der Waals surface area contributed by atoms with E-state index in [2.05, 4.69) is 32.7 Å². The fourth-order valence-electron chi connectivity index (χ4n) is 3.85. The molecule has 0 aromatic heterocycles. The number of methoxy groups -OCH3 is 2. The van der Waals surface area contributed by atoms with Crippen molar-refractivity contribution >= 4 is 41.5 Å². The first-order valence-electron chi connectivity index (χ1n) is 10.7. The second-order valence-corrected chi connectivity index (χ2v) is 8.21. The highest BCUT2D eigenvalue weighted by atomic mass is 127. The summed E-state index contributed by atoms with van der Waals surface area (Å²) in [4.78, 5) is 6.85. The molecule has 2 N–H and O–H groups in total. The molecule has 0 unspecified atom stereocenters. The Kier molecular flexibility index (Phi) is 11.4. The third-order valence-electron chi connectivity index (χ3n) is 5.75. The zero-order chi connectivity index (χ0) is 22.1. The number of benzene rings is 2. The Morgan fingerprint density at radius 1 is 1.06 bits per heavy atom. The van der Waals surface area contributed by atoms with E-state index in [1.165, 1.54) is 18.4 Å². The number of nitrogens with zero attached hydrogens (tertiary/aromatic N) is 2. The molecule has 0 spiro atoms. The Labute approximate surface area is 213 Å². The van der Waals surface area contributed by atoms with E-state index in [0.717, 1.165) is 54.2 Å². The molecule has 0 atom stereocenters. The summed E-state index contributed by atoms with van der Waals surface area (Å²) in [7, 11) is 5.09. The minimum atomic E-state index is 0. The van der Waals surface area contributed by atoms with Crippen LogP contribution in [0.2, 0.25) is 5.02 Å².